The second kappa shape index (κ2) is 3.15. The number of aromatic amines is 1. The Labute approximate surface area is 70.9 Å². The number of nitrogens with one attached hydrogen (secondary N) is 1. The first-order valence-electron chi connectivity index (χ1n) is 3.95. The number of hydrogen-bond acceptors (Lipinski definition) is 2. The molecule has 1 aromatic rings. The average Bonchev–Trinajstić information content (AvgIpc) is 2.29. The van der Waals surface area contributed by atoms with Gasteiger partial charge in [-0.1, -0.05) is 0 Å². The van der Waals surface area contributed by atoms with E-state index in [1.807, 2.05) is 0 Å². The molecule has 4 nitrogen and oxygen atoms in total. The van der Waals surface area contributed by atoms with Crippen LogP contribution in [0.1, 0.15) is 20.3 Å². The van der Waals surface area contributed by atoms with Crippen molar-refractivity contribution in [1.29, 1.82) is 0 Å². The van der Waals surface area contributed by atoms with E-state index in [4.69, 9.17) is 0 Å². The highest BCUT2D eigenvalue weighted by atomic mass is 16.3. The molecule has 0 atom stereocenters. The molecule has 0 spiro atoms. The van der Waals surface area contributed by atoms with Crippen molar-refractivity contribution >= 4 is 0 Å². The summed E-state index contributed by atoms with van der Waals surface area (Å²) in [6, 6.07) is 0. The van der Waals surface area contributed by atoms with Crippen LogP contribution in [-0.2, 0) is 6.54 Å². The molecule has 4 heteroatoms. The molecular weight excluding hydrogens is 156 g/mol. The van der Waals surface area contributed by atoms with Crippen LogP contribution in [0.15, 0.2) is 17.2 Å². The Bertz CT molecular complexity index is 292. The number of rotatable bonds is 3. The third kappa shape index (κ3) is 2.54. The summed E-state index contributed by atoms with van der Waals surface area (Å²) in [4.78, 5) is 13.5. The summed E-state index contributed by atoms with van der Waals surface area (Å²) >= 11 is 0. The molecule has 1 rings (SSSR count). The molecule has 68 valence electrons. The van der Waals surface area contributed by atoms with Gasteiger partial charge < -0.3 is 10.1 Å². The summed E-state index contributed by atoms with van der Waals surface area (Å²) in [5.41, 5.74) is -0.837. The summed E-state index contributed by atoms with van der Waals surface area (Å²) in [5.74, 6) is 0. The Morgan fingerprint density at radius 2 is 2.33 bits per heavy atom. The van der Waals surface area contributed by atoms with E-state index < -0.39 is 5.60 Å². The van der Waals surface area contributed by atoms with Crippen molar-refractivity contribution in [3.05, 3.63) is 22.9 Å². The highest BCUT2D eigenvalue weighted by Gasteiger charge is 2.12. The lowest BCUT2D eigenvalue weighted by Crippen LogP contribution is -2.24. The Morgan fingerprint density at radius 1 is 1.67 bits per heavy atom. The van der Waals surface area contributed by atoms with E-state index in [9.17, 15) is 9.90 Å². The third-order valence-corrected chi connectivity index (χ3v) is 1.69. The summed E-state index contributed by atoms with van der Waals surface area (Å²) in [5, 5.41) is 9.38. The zero-order chi connectivity index (χ0) is 9.19. The van der Waals surface area contributed by atoms with Crippen molar-refractivity contribution in [2.75, 3.05) is 0 Å². The van der Waals surface area contributed by atoms with Gasteiger partial charge in [0.05, 0.1) is 5.60 Å². The van der Waals surface area contributed by atoms with E-state index in [1.54, 1.807) is 26.2 Å². The normalized spacial score (nSPS) is 11.9. The quantitative estimate of drug-likeness (QED) is 0.687. The number of imidazole rings is 1. The van der Waals surface area contributed by atoms with Gasteiger partial charge >= 0.3 is 5.69 Å². The first-order chi connectivity index (χ1) is 5.49. The number of hydrogen-bond donors (Lipinski definition) is 2. The van der Waals surface area contributed by atoms with E-state index in [1.165, 1.54) is 4.57 Å². The van der Waals surface area contributed by atoms with Gasteiger partial charge in [0.2, 0.25) is 0 Å². The number of H-pyrrole nitrogens is 1. The maximum atomic E-state index is 11.0. The fourth-order valence-electron chi connectivity index (χ4n) is 0.919. The van der Waals surface area contributed by atoms with Gasteiger partial charge in [-0.2, -0.15) is 0 Å². The van der Waals surface area contributed by atoms with Crippen LogP contribution in [0.3, 0.4) is 0 Å². The predicted molar refractivity (Wildman–Crippen MR) is 46.0 cm³/mol. The molecule has 0 aliphatic heterocycles. The van der Waals surface area contributed by atoms with E-state index in [0.717, 1.165) is 0 Å². The first kappa shape index (κ1) is 9.06. The third-order valence-electron chi connectivity index (χ3n) is 1.69. The maximum Gasteiger partial charge on any atom is 0.325 e. The summed E-state index contributed by atoms with van der Waals surface area (Å²) < 4.78 is 1.54. The molecule has 0 aliphatic rings. The van der Waals surface area contributed by atoms with Gasteiger partial charge in [-0.3, -0.25) is 4.57 Å². The molecule has 0 aliphatic carbocycles. The molecule has 0 unspecified atom stereocenters. The SMILES string of the molecule is CC(C)(O)CCn1cc[nH]c1=O. The topological polar surface area (TPSA) is 58.0 Å². The van der Waals surface area contributed by atoms with E-state index in [-0.39, 0.29) is 5.69 Å². The summed E-state index contributed by atoms with van der Waals surface area (Å²) in [6.45, 7) is 4.00. The molecule has 0 saturated heterocycles. The van der Waals surface area contributed by atoms with Crippen LogP contribution in [0.2, 0.25) is 0 Å². The number of aryl methyl sites for hydroxylation is 1. The lowest BCUT2D eigenvalue weighted by Gasteiger charge is -2.16. The smallest absolute Gasteiger partial charge is 0.325 e. The minimum atomic E-state index is -0.712. The van der Waals surface area contributed by atoms with Crippen LogP contribution in [0, 0.1) is 0 Å². The van der Waals surface area contributed by atoms with Crippen LogP contribution in [0.5, 0.6) is 0 Å². The van der Waals surface area contributed by atoms with E-state index >= 15 is 0 Å². The van der Waals surface area contributed by atoms with Crippen molar-refractivity contribution < 1.29 is 5.11 Å². The van der Waals surface area contributed by atoms with Crippen molar-refractivity contribution in [2.45, 2.75) is 32.4 Å². The zero-order valence-corrected chi connectivity index (χ0v) is 7.37. The fourth-order valence-corrected chi connectivity index (χ4v) is 0.919. The first-order valence-corrected chi connectivity index (χ1v) is 3.95. The highest BCUT2D eigenvalue weighted by molar-refractivity contribution is 4.77. The lowest BCUT2D eigenvalue weighted by atomic mass is 10.1. The molecule has 1 aromatic heterocycles. The van der Waals surface area contributed by atoms with Gasteiger partial charge in [0.15, 0.2) is 0 Å². The monoisotopic (exact) mass is 170 g/mol. The molecule has 2 N–H and O–H groups in total. The van der Waals surface area contributed by atoms with Crippen molar-refractivity contribution in [3.63, 3.8) is 0 Å². The van der Waals surface area contributed by atoms with Gasteiger partial charge in [-0.15, -0.1) is 0 Å². The minimum absolute atomic E-state index is 0.126. The van der Waals surface area contributed by atoms with Gasteiger partial charge in [0.1, 0.15) is 0 Å². The second-order valence-electron chi connectivity index (χ2n) is 3.52. The van der Waals surface area contributed by atoms with Crippen LogP contribution >= 0.6 is 0 Å². The summed E-state index contributed by atoms with van der Waals surface area (Å²) in [6.07, 6.45) is 3.84. The number of aromatic nitrogens is 2. The molecular formula is C8H14N2O2. The van der Waals surface area contributed by atoms with E-state index in [0.29, 0.717) is 13.0 Å². The molecule has 0 saturated carbocycles. The van der Waals surface area contributed by atoms with Gasteiger partial charge in [0, 0.05) is 18.9 Å². The molecule has 0 radical (unpaired) electrons. The Balaban J connectivity index is 2.55. The zero-order valence-electron chi connectivity index (χ0n) is 7.37. The van der Waals surface area contributed by atoms with E-state index in [2.05, 4.69) is 4.98 Å². The van der Waals surface area contributed by atoms with Crippen molar-refractivity contribution in [3.8, 4) is 0 Å². The standard InChI is InChI=1S/C8H14N2O2/c1-8(2,12)3-5-10-6-4-9-7(10)11/h4,6,12H,3,5H2,1-2H3,(H,9,11). The van der Waals surface area contributed by atoms with Gasteiger partial charge in [-0.25, -0.2) is 4.79 Å². The number of nitrogens with zero attached hydrogens (tertiary/aromatic N) is 1. The van der Waals surface area contributed by atoms with Crippen LogP contribution in [0.25, 0.3) is 0 Å². The van der Waals surface area contributed by atoms with Gasteiger partial charge in [0.25, 0.3) is 0 Å². The maximum absolute atomic E-state index is 11.0. The summed E-state index contributed by atoms with van der Waals surface area (Å²) in [7, 11) is 0. The number of aliphatic hydroxyl groups is 1. The van der Waals surface area contributed by atoms with Crippen LogP contribution in [-0.4, -0.2) is 20.3 Å². The lowest BCUT2D eigenvalue weighted by molar-refractivity contribution is 0.0659. The van der Waals surface area contributed by atoms with Crippen LogP contribution < -0.4 is 5.69 Å². The van der Waals surface area contributed by atoms with Crippen LogP contribution in [0.4, 0.5) is 0 Å². The highest BCUT2D eigenvalue weighted by Crippen LogP contribution is 2.07. The molecule has 0 amide bonds. The molecule has 0 bridgehead atoms. The molecule has 1 heterocycles. The van der Waals surface area contributed by atoms with Crippen molar-refractivity contribution in [2.24, 2.45) is 0 Å². The Hall–Kier alpha value is -1.03. The predicted octanol–water partition coefficient (Wildman–Crippen LogP) is 0.337. The van der Waals surface area contributed by atoms with Gasteiger partial charge in [-0.05, 0) is 20.3 Å². The Morgan fingerprint density at radius 3 is 2.75 bits per heavy atom. The second-order valence-corrected chi connectivity index (χ2v) is 3.52. The molecule has 0 fully saturated rings. The fraction of sp³-hybridized carbons (Fsp3) is 0.625. The molecule has 0 aromatic carbocycles. The minimum Gasteiger partial charge on any atom is -0.390 e. The largest absolute Gasteiger partial charge is 0.390 e. The Kier molecular flexibility index (Phi) is 2.38. The molecule has 12 heavy (non-hydrogen) atoms. The average molecular weight is 170 g/mol. The van der Waals surface area contributed by atoms with Crippen molar-refractivity contribution in [1.82, 2.24) is 9.55 Å².